The van der Waals surface area contributed by atoms with E-state index >= 15 is 0 Å². The number of hydrogen-bond acceptors (Lipinski definition) is 2. The maximum atomic E-state index is 12.4. The molecule has 0 aliphatic carbocycles. The van der Waals surface area contributed by atoms with E-state index in [9.17, 15) is 4.79 Å². The van der Waals surface area contributed by atoms with E-state index < -0.39 is 0 Å². The maximum Gasteiger partial charge on any atom is 0.194 e. The molecule has 0 fully saturated rings. The lowest BCUT2D eigenvalue weighted by Crippen LogP contribution is -2.04. The Kier molecular flexibility index (Phi) is 3.73. The van der Waals surface area contributed by atoms with Gasteiger partial charge in [-0.1, -0.05) is 27.5 Å². The monoisotopic (exact) mass is 323 g/mol. The highest BCUT2D eigenvalue weighted by atomic mass is 79.9. The first-order valence-electron chi connectivity index (χ1n) is 5.35. The van der Waals surface area contributed by atoms with Crippen molar-refractivity contribution in [2.45, 2.75) is 6.92 Å². The van der Waals surface area contributed by atoms with Crippen LogP contribution in [0.25, 0.3) is 0 Å². The molecule has 92 valence electrons. The molecule has 2 N–H and O–H groups in total. The van der Waals surface area contributed by atoms with Gasteiger partial charge >= 0.3 is 0 Å². The van der Waals surface area contributed by atoms with Gasteiger partial charge in [-0.2, -0.15) is 0 Å². The van der Waals surface area contributed by atoms with Gasteiger partial charge in [0.15, 0.2) is 5.78 Å². The molecular formula is C14H11BrClNO. The van der Waals surface area contributed by atoms with Crippen molar-refractivity contribution in [3.05, 3.63) is 62.6 Å². The number of hydrogen-bond donors (Lipinski definition) is 1. The fourth-order valence-electron chi connectivity index (χ4n) is 1.74. The van der Waals surface area contributed by atoms with Gasteiger partial charge in [0, 0.05) is 21.3 Å². The first kappa shape index (κ1) is 13.1. The van der Waals surface area contributed by atoms with Gasteiger partial charge in [-0.3, -0.25) is 4.79 Å². The van der Waals surface area contributed by atoms with Gasteiger partial charge in [-0.25, -0.2) is 0 Å². The molecule has 0 saturated heterocycles. The second-order valence-electron chi connectivity index (χ2n) is 4.03. The molecule has 2 nitrogen and oxygen atoms in total. The van der Waals surface area contributed by atoms with Crippen LogP contribution in [-0.4, -0.2) is 5.78 Å². The summed E-state index contributed by atoms with van der Waals surface area (Å²) in [5.74, 6) is -0.0926. The number of carbonyl (C=O) groups excluding carboxylic acids is 1. The highest BCUT2D eigenvalue weighted by molar-refractivity contribution is 9.10. The topological polar surface area (TPSA) is 43.1 Å². The van der Waals surface area contributed by atoms with Crippen LogP contribution in [0.2, 0.25) is 5.02 Å². The van der Waals surface area contributed by atoms with Gasteiger partial charge in [0.25, 0.3) is 0 Å². The van der Waals surface area contributed by atoms with Crippen LogP contribution in [0.1, 0.15) is 21.5 Å². The maximum absolute atomic E-state index is 12.4. The number of ketones is 1. The summed E-state index contributed by atoms with van der Waals surface area (Å²) < 4.78 is 0.944. The van der Waals surface area contributed by atoms with Crippen LogP contribution in [0, 0.1) is 6.92 Å². The van der Waals surface area contributed by atoms with Gasteiger partial charge < -0.3 is 5.73 Å². The number of nitrogen functional groups attached to an aromatic ring is 1. The quantitative estimate of drug-likeness (QED) is 0.664. The Labute approximate surface area is 119 Å². The molecule has 2 aromatic carbocycles. The van der Waals surface area contributed by atoms with Crippen molar-refractivity contribution < 1.29 is 4.79 Å². The van der Waals surface area contributed by atoms with Crippen LogP contribution < -0.4 is 5.73 Å². The van der Waals surface area contributed by atoms with Crippen LogP contribution >= 0.6 is 27.5 Å². The van der Waals surface area contributed by atoms with Crippen LogP contribution in [0.5, 0.6) is 0 Å². The Morgan fingerprint density at radius 1 is 1.17 bits per heavy atom. The van der Waals surface area contributed by atoms with E-state index in [1.165, 1.54) is 0 Å². The standard InChI is InChI=1S/C14H11BrClNO/c1-8-6-9(15)2-4-11(8)14(18)12-5-3-10(17)7-13(12)16/h2-7H,17H2,1H3. The summed E-state index contributed by atoms with van der Waals surface area (Å²) in [7, 11) is 0. The Bertz CT molecular complexity index is 572. The van der Waals surface area contributed by atoms with Crippen LogP contribution in [0.3, 0.4) is 0 Å². The molecule has 0 heterocycles. The minimum absolute atomic E-state index is 0.0926. The average Bonchev–Trinajstić information content (AvgIpc) is 2.28. The van der Waals surface area contributed by atoms with Crippen LogP contribution in [0.15, 0.2) is 40.9 Å². The largest absolute Gasteiger partial charge is 0.399 e. The minimum atomic E-state index is -0.0926. The third kappa shape index (κ3) is 2.57. The zero-order valence-electron chi connectivity index (χ0n) is 9.71. The second kappa shape index (κ2) is 5.12. The van der Waals surface area contributed by atoms with E-state index in [1.54, 1.807) is 24.3 Å². The Balaban J connectivity index is 2.48. The van der Waals surface area contributed by atoms with Crippen molar-refractivity contribution in [1.82, 2.24) is 0 Å². The highest BCUT2D eigenvalue weighted by Crippen LogP contribution is 2.24. The van der Waals surface area contributed by atoms with Gasteiger partial charge in [0.1, 0.15) is 0 Å². The number of rotatable bonds is 2. The first-order chi connectivity index (χ1) is 8.49. The molecule has 2 aromatic rings. The molecule has 0 amide bonds. The molecule has 0 saturated carbocycles. The Hall–Kier alpha value is -1.32. The SMILES string of the molecule is Cc1cc(Br)ccc1C(=O)c1ccc(N)cc1Cl. The summed E-state index contributed by atoms with van der Waals surface area (Å²) >= 11 is 9.42. The summed E-state index contributed by atoms with van der Waals surface area (Å²) in [4.78, 5) is 12.4. The first-order valence-corrected chi connectivity index (χ1v) is 6.52. The van der Waals surface area contributed by atoms with Gasteiger partial charge in [0.2, 0.25) is 0 Å². The van der Waals surface area contributed by atoms with E-state index in [-0.39, 0.29) is 5.78 Å². The Morgan fingerprint density at radius 3 is 2.44 bits per heavy atom. The van der Waals surface area contributed by atoms with Crippen molar-refractivity contribution in [2.24, 2.45) is 0 Å². The van der Waals surface area contributed by atoms with Crippen molar-refractivity contribution in [2.75, 3.05) is 5.73 Å². The van der Waals surface area contributed by atoms with Crippen molar-refractivity contribution in [3.8, 4) is 0 Å². The van der Waals surface area contributed by atoms with Crippen molar-refractivity contribution >= 4 is 39.0 Å². The molecule has 0 aliphatic rings. The Morgan fingerprint density at radius 2 is 1.83 bits per heavy atom. The molecule has 0 bridgehead atoms. The third-order valence-corrected chi connectivity index (χ3v) is 3.48. The molecule has 0 unspecified atom stereocenters. The summed E-state index contributed by atoms with van der Waals surface area (Å²) in [6.07, 6.45) is 0. The summed E-state index contributed by atoms with van der Waals surface area (Å²) in [5, 5.41) is 0.377. The van der Waals surface area contributed by atoms with Gasteiger partial charge in [-0.15, -0.1) is 0 Å². The molecule has 0 spiro atoms. The lowest BCUT2D eigenvalue weighted by molar-refractivity contribution is 0.103. The number of halogens is 2. The number of anilines is 1. The fraction of sp³-hybridized carbons (Fsp3) is 0.0714. The van der Waals surface area contributed by atoms with Gasteiger partial charge in [-0.05, 0) is 48.9 Å². The van der Waals surface area contributed by atoms with Crippen molar-refractivity contribution in [1.29, 1.82) is 0 Å². The zero-order chi connectivity index (χ0) is 13.3. The molecule has 0 aliphatic heterocycles. The van der Waals surface area contributed by atoms with E-state index in [2.05, 4.69) is 15.9 Å². The summed E-state index contributed by atoms with van der Waals surface area (Å²) in [5.41, 5.74) is 8.18. The summed E-state index contributed by atoms with van der Waals surface area (Å²) in [6.45, 7) is 1.89. The number of nitrogens with two attached hydrogens (primary N) is 1. The lowest BCUT2D eigenvalue weighted by atomic mass is 9.99. The summed E-state index contributed by atoms with van der Waals surface area (Å²) in [6, 6.07) is 10.4. The smallest absolute Gasteiger partial charge is 0.194 e. The highest BCUT2D eigenvalue weighted by Gasteiger charge is 2.15. The normalized spacial score (nSPS) is 10.4. The molecule has 2 rings (SSSR count). The predicted octanol–water partition coefficient (Wildman–Crippen LogP) is 4.22. The fourth-order valence-corrected chi connectivity index (χ4v) is 2.49. The third-order valence-electron chi connectivity index (χ3n) is 2.67. The van der Waals surface area contributed by atoms with E-state index in [0.29, 0.717) is 21.8 Å². The average molecular weight is 325 g/mol. The lowest BCUT2D eigenvalue weighted by Gasteiger charge is -2.07. The second-order valence-corrected chi connectivity index (χ2v) is 5.35. The predicted molar refractivity (Wildman–Crippen MR) is 78.2 cm³/mol. The molecule has 18 heavy (non-hydrogen) atoms. The molecule has 0 atom stereocenters. The zero-order valence-corrected chi connectivity index (χ0v) is 12.0. The number of carbonyl (C=O) groups is 1. The van der Waals surface area contributed by atoms with Crippen LogP contribution in [0.4, 0.5) is 5.69 Å². The molecule has 0 aromatic heterocycles. The number of benzene rings is 2. The number of aryl methyl sites for hydroxylation is 1. The minimum Gasteiger partial charge on any atom is -0.399 e. The van der Waals surface area contributed by atoms with E-state index in [0.717, 1.165) is 10.0 Å². The van der Waals surface area contributed by atoms with Gasteiger partial charge in [0.05, 0.1) is 5.02 Å². The molecular weight excluding hydrogens is 314 g/mol. The van der Waals surface area contributed by atoms with E-state index in [4.69, 9.17) is 17.3 Å². The molecule has 4 heteroatoms. The van der Waals surface area contributed by atoms with E-state index in [1.807, 2.05) is 19.1 Å². The molecule has 0 radical (unpaired) electrons. The van der Waals surface area contributed by atoms with Crippen molar-refractivity contribution in [3.63, 3.8) is 0 Å². The van der Waals surface area contributed by atoms with Crippen LogP contribution in [-0.2, 0) is 0 Å².